The molecule has 25 heavy (non-hydrogen) atoms. The van der Waals surface area contributed by atoms with E-state index in [1.54, 1.807) is 7.05 Å². The molecule has 3 rings (SSSR count). The first-order chi connectivity index (χ1) is 12.2. The molecular formula is C18H25N3O4. The molecule has 0 aliphatic carbocycles. The highest BCUT2D eigenvalue weighted by Crippen LogP contribution is 2.37. The van der Waals surface area contributed by atoms with E-state index in [9.17, 15) is 9.59 Å². The largest absolute Gasteiger partial charge is 0.490 e. The molecule has 0 aromatic heterocycles. The van der Waals surface area contributed by atoms with Crippen LogP contribution in [0.4, 0.5) is 0 Å². The molecule has 0 spiro atoms. The fourth-order valence-corrected chi connectivity index (χ4v) is 3.27. The standard InChI is InChI=1S/C18H25N3O4/c1-19-17(22)11-20-12-18(23)21-7-2-4-14(21)13-5-6-15-16(10-13)25-9-3-8-24-15/h5-6,10,14,20H,2-4,7-9,11-12H2,1H3,(H,19,22)/t14-/m1/s1. The second-order valence-electron chi connectivity index (χ2n) is 6.28. The average molecular weight is 347 g/mol. The second kappa shape index (κ2) is 8.20. The second-order valence-corrected chi connectivity index (χ2v) is 6.28. The molecule has 1 aromatic carbocycles. The van der Waals surface area contributed by atoms with Gasteiger partial charge in [-0.25, -0.2) is 0 Å². The minimum absolute atomic E-state index is 0.0125. The molecule has 1 fully saturated rings. The number of nitrogens with one attached hydrogen (secondary N) is 2. The Morgan fingerprint density at radius 1 is 1.16 bits per heavy atom. The zero-order chi connectivity index (χ0) is 17.6. The predicted molar refractivity (Wildman–Crippen MR) is 92.7 cm³/mol. The molecule has 1 saturated heterocycles. The van der Waals surface area contributed by atoms with Crippen LogP contribution in [0.2, 0.25) is 0 Å². The normalized spacial score (nSPS) is 19.4. The molecule has 136 valence electrons. The Balaban J connectivity index is 1.66. The molecule has 2 amide bonds. The Morgan fingerprint density at radius 3 is 2.76 bits per heavy atom. The van der Waals surface area contributed by atoms with E-state index in [4.69, 9.17) is 9.47 Å². The number of fused-ring (bicyclic) bond motifs is 1. The van der Waals surface area contributed by atoms with Crippen LogP contribution in [0.5, 0.6) is 11.5 Å². The average Bonchev–Trinajstić information content (AvgIpc) is 3.00. The Hall–Kier alpha value is -2.28. The van der Waals surface area contributed by atoms with Crippen molar-refractivity contribution in [1.82, 2.24) is 15.5 Å². The van der Waals surface area contributed by atoms with Gasteiger partial charge in [-0.2, -0.15) is 0 Å². The Morgan fingerprint density at radius 2 is 1.96 bits per heavy atom. The lowest BCUT2D eigenvalue weighted by molar-refractivity contribution is -0.131. The number of likely N-dealkylation sites (tertiary alicyclic amines) is 1. The number of nitrogens with zero attached hydrogens (tertiary/aromatic N) is 1. The summed E-state index contributed by atoms with van der Waals surface area (Å²) < 4.78 is 11.4. The molecule has 2 heterocycles. The lowest BCUT2D eigenvalue weighted by atomic mass is 10.0. The van der Waals surface area contributed by atoms with Crippen molar-refractivity contribution in [1.29, 1.82) is 0 Å². The maximum atomic E-state index is 12.5. The van der Waals surface area contributed by atoms with Crippen LogP contribution in [0.15, 0.2) is 18.2 Å². The molecule has 0 radical (unpaired) electrons. The lowest BCUT2D eigenvalue weighted by Gasteiger charge is -2.26. The van der Waals surface area contributed by atoms with Gasteiger partial charge in [0.2, 0.25) is 11.8 Å². The summed E-state index contributed by atoms with van der Waals surface area (Å²) >= 11 is 0. The van der Waals surface area contributed by atoms with E-state index >= 15 is 0 Å². The van der Waals surface area contributed by atoms with E-state index in [0.717, 1.165) is 42.9 Å². The molecule has 7 nitrogen and oxygen atoms in total. The molecule has 1 atom stereocenters. The SMILES string of the molecule is CNC(=O)CNCC(=O)N1CCC[C@@H]1c1ccc2c(c1)OCCCO2. The fraction of sp³-hybridized carbons (Fsp3) is 0.556. The van der Waals surface area contributed by atoms with E-state index in [2.05, 4.69) is 10.6 Å². The third-order valence-corrected chi connectivity index (χ3v) is 4.57. The highest BCUT2D eigenvalue weighted by molar-refractivity contribution is 5.81. The summed E-state index contributed by atoms with van der Waals surface area (Å²) in [4.78, 5) is 25.6. The van der Waals surface area contributed by atoms with Crippen LogP contribution in [0.25, 0.3) is 0 Å². The smallest absolute Gasteiger partial charge is 0.237 e. The highest BCUT2D eigenvalue weighted by Gasteiger charge is 2.30. The van der Waals surface area contributed by atoms with Gasteiger partial charge in [0.1, 0.15) is 0 Å². The van der Waals surface area contributed by atoms with Crippen molar-refractivity contribution in [3.63, 3.8) is 0 Å². The van der Waals surface area contributed by atoms with Crippen molar-refractivity contribution in [2.45, 2.75) is 25.3 Å². The number of carbonyl (C=O) groups excluding carboxylic acids is 2. The fourth-order valence-electron chi connectivity index (χ4n) is 3.27. The van der Waals surface area contributed by atoms with Gasteiger partial charge in [0.25, 0.3) is 0 Å². The quantitative estimate of drug-likeness (QED) is 0.825. The number of ether oxygens (including phenoxy) is 2. The summed E-state index contributed by atoms with van der Waals surface area (Å²) in [5, 5.41) is 5.42. The van der Waals surface area contributed by atoms with Gasteiger partial charge >= 0.3 is 0 Å². The van der Waals surface area contributed by atoms with Crippen LogP contribution < -0.4 is 20.1 Å². The zero-order valence-electron chi connectivity index (χ0n) is 14.5. The Labute approximate surface area is 147 Å². The maximum absolute atomic E-state index is 12.5. The molecule has 2 N–H and O–H groups in total. The first kappa shape index (κ1) is 17.5. The van der Waals surface area contributed by atoms with Gasteiger partial charge in [0.15, 0.2) is 11.5 Å². The highest BCUT2D eigenvalue weighted by atomic mass is 16.5. The van der Waals surface area contributed by atoms with E-state index in [-0.39, 0.29) is 30.9 Å². The monoisotopic (exact) mass is 347 g/mol. The van der Waals surface area contributed by atoms with E-state index in [0.29, 0.717) is 13.2 Å². The summed E-state index contributed by atoms with van der Waals surface area (Å²) in [6.07, 6.45) is 2.77. The topological polar surface area (TPSA) is 79.9 Å². The van der Waals surface area contributed by atoms with Crippen LogP contribution in [0, 0.1) is 0 Å². The van der Waals surface area contributed by atoms with E-state index in [1.165, 1.54) is 0 Å². The van der Waals surface area contributed by atoms with Crippen molar-refractivity contribution >= 4 is 11.8 Å². The van der Waals surface area contributed by atoms with E-state index < -0.39 is 0 Å². The Kier molecular flexibility index (Phi) is 5.75. The van der Waals surface area contributed by atoms with Crippen LogP contribution in [0.1, 0.15) is 30.9 Å². The molecule has 0 bridgehead atoms. The number of benzene rings is 1. The first-order valence-electron chi connectivity index (χ1n) is 8.79. The van der Waals surface area contributed by atoms with Crippen molar-refractivity contribution in [3.05, 3.63) is 23.8 Å². The van der Waals surface area contributed by atoms with Gasteiger partial charge in [-0.05, 0) is 30.5 Å². The van der Waals surface area contributed by atoms with Crippen LogP contribution in [-0.2, 0) is 9.59 Å². The molecule has 2 aliphatic heterocycles. The summed E-state index contributed by atoms with van der Waals surface area (Å²) in [5.74, 6) is 1.41. The minimum Gasteiger partial charge on any atom is -0.490 e. The summed E-state index contributed by atoms with van der Waals surface area (Å²) in [5.41, 5.74) is 1.07. The summed E-state index contributed by atoms with van der Waals surface area (Å²) in [7, 11) is 1.58. The number of hydrogen-bond acceptors (Lipinski definition) is 5. The van der Waals surface area contributed by atoms with Gasteiger partial charge in [0, 0.05) is 20.0 Å². The maximum Gasteiger partial charge on any atom is 0.237 e. The molecule has 2 aliphatic rings. The number of carbonyl (C=O) groups is 2. The summed E-state index contributed by atoms with van der Waals surface area (Å²) in [6, 6.07) is 5.99. The molecule has 1 aromatic rings. The first-order valence-corrected chi connectivity index (χ1v) is 8.79. The van der Waals surface area contributed by atoms with E-state index in [1.807, 2.05) is 23.1 Å². The van der Waals surface area contributed by atoms with Crippen molar-refractivity contribution < 1.29 is 19.1 Å². The predicted octanol–water partition coefficient (Wildman–Crippen LogP) is 0.847. The van der Waals surface area contributed by atoms with Crippen LogP contribution in [0.3, 0.4) is 0 Å². The van der Waals surface area contributed by atoms with Gasteiger partial charge < -0.3 is 19.7 Å². The van der Waals surface area contributed by atoms with Crippen LogP contribution in [-0.4, -0.2) is 56.6 Å². The molecule has 7 heteroatoms. The van der Waals surface area contributed by atoms with Crippen molar-refractivity contribution in [3.8, 4) is 11.5 Å². The molecular weight excluding hydrogens is 322 g/mol. The van der Waals surface area contributed by atoms with Gasteiger partial charge in [-0.3, -0.25) is 14.9 Å². The van der Waals surface area contributed by atoms with Crippen molar-refractivity contribution in [2.24, 2.45) is 0 Å². The van der Waals surface area contributed by atoms with Gasteiger partial charge in [-0.15, -0.1) is 0 Å². The van der Waals surface area contributed by atoms with Gasteiger partial charge in [0.05, 0.1) is 32.3 Å². The number of rotatable bonds is 5. The third-order valence-electron chi connectivity index (χ3n) is 4.57. The lowest BCUT2D eigenvalue weighted by Crippen LogP contribution is -2.40. The third kappa shape index (κ3) is 4.22. The Bertz CT molecular complexity index is 635. The minimum atomic E-state index is -0.131. The summed E-state index contributed by atoms with van der Waals surface area (Å²) in [6.45, 7) is 2.35. The molecule has 0 saturated carbocycles. The number of amides is 2. The van der Waals surface area contributed by atoms with Crippen LogP contribution >= 0.6 is 0 Å². The number of hydrogen-bond donors (Lipinski definition) is 2. The molecule has 0 unspecified atom stereocenters. The van der Waals surface area contributed by atoms with Gasteiger partial charge in [-0.1, -0.05) is 6.07 Å². The number of likely N-dealkylation sites (N-methyl/N-ethyl adjacent to an activating group) is 1. The zero-order valence-corrected chi connectivity index (χ0v) is 14.5. The van der Waals surface area contributed by atoms with Crippen molar-refractivity contribution in [2.75, 3.05) is 39.9 Å².